The van der Waals surface area contributed by atoms with Gasteiger partial charge in [-0.3, -0.25) is 15.5 Å². The summed E-state index contributed by atoms with van der Waals surface area (Å²) < 4.78 is 27.4. The van der Waals surface area contributed by atoms with Crippen molar-refractivity contribution in [1.82, 2.24) is 9.97 Å². The van der Waals surface area contributed by atoms with Crippen LogP contribution in [0.15, 0.2) is 52.6 Å². The molecule has 0 N–H and O–H groups in total. The van der Waals surface area contributed by atoms with Gasteiger partial charge in [-0.05, 0) is 51.0 Å². The second-order valence-corrected chi connectivity index (χ2v) is 7.63. The number of halogens is 2. The van der Waals surface area contributed by atoms with Crippen molar-refractivity contribution in [3.05, 3.63) is 72.2 Å². The van der Waals surface area contributed by atoms with E-state index in [2.05, 4.69) is 21.2 Å². The molecule has 2 aliphatic rings. The van der Waals surface area contributed by atoms with Gasteiger partial charge in [0.1, 0.15) is 5.82 Å². The van der Waals surface area contributed by atoms with Gasteiger partial charge in [0.15, 0.2) is 6.30 Å². The number of aliphatic imine (C=N–C) groups is 1. The van der Waals surface area contributed by atoms with E-state index < -0.39 is 23.6 Å². The number of dihydropyridines is 1. The molecule has 2 aromatic rings. The average molecular weight is 459 g/mol. The minimum Gasteiger partial charge on any atom is -0.400 e. The molecular weight excluding hydrogens is 438 g/mol. The summed E-state index contributed by atoms with van der Waals surface area (Å²) in [6.45, 7) is 7.99. The molecule has 0 bridgehead atoms. The van der Waals surface area contributed by atoms with Crippen molar-refractivity contribution in [3.63, 3.8) is 0 Å². The van der Waals surface area contributed by atoms with Crippen molar-refractivity contribution in [2.45, 2.75) is 44.8 Å². The number of rotatable bonds is 4. The standard InChI is InChI=1S/C22H21F2N5.Zn/c1-14-12-13-29(28-14)20-9-5-8-18(26-20)22(2,3)17-7-4-6-16(25-17)15-10-11-19(23)27-21(15)24;/h4-9,11,13,15,21H,12H2,1-3H3;/q-2;. The Labute approximate surface area is 187 Å². The number of allylic oxidation sites excluding steroid dienone is 1. The number of pyridine rings is 2. The number of nitrogens with zero attached hydrogens (tertiary/aromatic N) is 5. The molecule has 4 heterocycles. The van der Waals surface area contributed by atoms with Gasteiger partial charge >= 0.3 is 0 Å². The van der Waals surface area contributed by atoms with Crippen molar-refractivity contribution in [3.8, 4) is 0 Å². The van der Waals surface area contributed by atoms with Crippen LogP contribution in [0.2, 0.25) is 0 Å². The third-order valence-corrected chi connectivity index (χ3v) is 5.08. The first kappa shape index (κ1) is 22.4. The Balaban J connectivity index is 0.00000256. The molecule has 2 aliphatic heterocycles. The van der Waals surface area contributed by atoms with Crippen LogP contribution in [0.4, 0.5) is 14.6 Å². The van der Waals surface area contributed by atoms with Crippen molar-refractivity contribution in [2.75, 3.05) is 5.01 Å². The first-order valence-electron chi connectivity index (χ1n) is 9.43. The summed E-state index contributed by atoms with van der Waals surface area (Å²) in [6.07, 6.45) is 2.82. The number of alkyl halides is 1. The summed E-state index contributed by atoms with van der Waals surface area (Å²) in [5, 5.41) is 6.24. The van der Waals surface area contributed by atoms with Gasteiger partial charge < -0.3 is 10.0 Å². The molecular formula is C22H21F2N5Zn-2. The molecule has 0 amide bonds. The van der Waals surface area contributed by atoms with E-state index in [1.54, 1.807) is 11.1 Å². The van der Waals surface area contributed by atoms with Crippen LogP contribution in [-0.4, -0.2) is 27.9 Å². The molecule has 30 heavy (non-hydrogen) atoms. The third-order valence-electron chi connectivity index (χ3n) is 5.08. The molecule has 4 rings (SSSR count). The number of hydrogen-bond acceptors (Lipinski definition) is 5. The van der Waals surface area contributed by atoms with E-state index >= 15 is 0 Å². The second kappa shape index (κ2) is 8.80. The van der Waals surface area contributed by atoms with Crippen LogP contribution < -0.4 is 5.01 Å². The molecule has 2 unspecified atom stereocenters. The second-order valence-electron chi connectivity index (χ2n) is 7.63. The summed E-state index contributed by atoms with van der Waals surface area (Å²) in [5.74, 6) is -0.954. The smallest absolute Gasteiger partial charge is 0.171 e. The van der Waals surface area contributed by atoms with Gasteiger partial charge in [0.05, 0.1) is 17.4 Å². The number of anilines is 1. The molecule has 5 nitrogen and oxygen atoms in total. The molecule has 0 saturated carbocycles. The van der Waals surface area contributed by atoms with Gasteiger partial charge in [-0.2, -0.15) is 6.08 Å². The van der Waals surface area contributed by atoms with Crippen LogP contribution in [0, 0.1) is 12.6 Å². The zero-order chi connectivity index (χ0) is 20.6. The molecule has 0 aromatic carbocycles. The molecule has 0 radical (unpaired) electrons. The maximum absolute atomic E-state index is 14.2. The Morgan fingerprint density at radius 1 is 1.13 bits per heavy atom. The van der Waals surface area contributed by atoms with Crippen molar-refractivity contribution in [1.29, 1.82) is 0 Å². The molecule has 152 valence electrons. The topological polar surface area (TPSA) is 53.7 Å². The Bertz CT molecular complexity index is 1020. The summed E-state index contributed by atoms with van der Waals surface area (Å²) in [7, 11) is 0. The Hall–Kier alpha value is -2.34. The quantitative estimate of drug-likeness (QED) is 0.380. The monoisotopic (exact) mass is 457 g/mol. The van der Waals surface area contributed by atoms with E-state index in [0.29, 0.717) is 5.69 Å². The van der Waals surface area contributed by atoms with Gasteiger partial charge in [0.2, 0.25) is 0 Å². The van der Waals surface area contributed by atoms with Gasteiger partial charge in [-0.15, -0.1) is 6.42 Å². The Morgan fingerprint density at radius 3 is 2.50 bits per heavy atom. The molecule has 0 fully saturated rings. The molecule has 0 saturated heterocycles. The van der Waals surface area contributed by atoms with E-state index in [1.807, 2.05) is 57.6 Å². The predicted molar refractivity (Wildman–Crippen MR) is 109 cm³/mol. The number of aromatic nitrogens is 2. The summed E-state index contributed by atoms with van der Waals surface area (Å²) >= 11 is 0. The molecule has 0 spiro atoms. The normalized spacial score (nSPS) is 21.2. The van der Waals surface area contributed by atoms with Crippen LogP contribution in [0.5, 0.6) is 0 Å². The molecule has 2 atom stereocenters. The van der Waals surface area contributed by atoms with Crippen molar-refractivity contribution in [2.24, 2.45) is 10.1 Å². The Kier molecular flexibility index (Phi) is 6.56. The SMILES string of the molecule is CC1=NN(c2cccc(C(C)(C)c3cccc(C4[C-]=CC(F)=NC4F)n3)n2)[CH-]C1.[Zn]. The summed E-state index contributed by atoms with van der Waals surface area (Å²) in [6, 6.07) is 11.2. The van der Waals surface area contributed by atoms with E-state index in [4.69, 9.17) is 4.98 Å². The fourth-order valence-corrected chi connectivity index (χ4v) is 3.33. The van der Waals surface area contributed by atoms with Crippen molar-refractivity contribution >= 4 is 17.5 Å². The molecule has 2 aromatic heterocycles. The average Bonchev–Trinajstić information content (AvgIpc) is 3.14. The van der Waals surface area contributed by atoms with Crippen LogP contribution >= 0.6 is 0 Å². The first-order valence-corrected chi connectivity index (χ1v) is 9.43. The molecule has 0 aliphatic carbocycles. The van der Waals surface area contributed by atoms with Crippen LogP contribution in [0.1, 0.15) is 50.2 Å². The minimum absolute atomic E-state index is 0. The van der Waals surface area contributed by atoms with E-state index in [0.717, 1.165) is 35.4 Å². The number of hydrogen-bond donors (Lipinski definition) is 0. The fourth-order valence-electron chi connectivity index (χ4n) is 3.33. The summed E-state index contributed by atoms with van der Waals surface area (Å²) in [5.41, 5.74) is 2.50. The van der Waals surface area contributed by atoms with Gasteiger partial charge in [0, 0.05) is 36.3 Å². The number of hydrazone groups is 1. The Morgan fingerprint density at radius 2 is 1.83 bits per heavy atom. The van der Waals surface area contributed by atoms with Gasteiger partial charge in [0.25, 0.3) is 0 Å². The van der Waals surface area contributed by atoms with Crippen molar-refractivity contribution < 1.29 is 28.3 Å². The predicted octanol–water partition coefficient (Wildman–Crippen LogP) is 4.67. The zero-order valence-electron chi connectivity index (χ0n) is 17.2. The van der Waals surface area contributed by atoms with Gasteiger partial charge in [-0.25, -0.2) is 21.0 Å². The van der Waals surface area contributed by atoms with E-state index in [9.17, 15) is 8.78 Å². The van der Waals surface area contributed by atoms with Crippen LogP contribution in [0.3, 0.4) is 0 Å². The third kappa shape index (κ3) is 4.39. The maximum Gasteiger partial charge on any atom is 0.171 e. The van der Waals surface area contributed by atoms with E-state index in [-0.39, 0.29) is 19.5 Å². The fraction of sp³-hybridized carbons (Fsp3) is 0.318. The van der Waals surface area contributed by atoms with E-state index in [1.165, 1.54) is 0 Å². The maximum atomic E-state index is 14.2. The molecule has 8 heteroatoms. The minimum atomic E-state index is -1.74. The van der Waals surface area contributed by atoms with Crippen LogP contribution in [-0.2, 0) is 24.9 Å². The largest absolute Gasteiger partial charge is 0.400 e. The zero-order valence-corrected chi connectivity index (χ0v) is 20.1. The first-order chi connectivity index (χ1) is 13.8. The van der Waals surface area contributed by atoms with Gasteiger partial charge in [-0.1, -0.05) is 12.1 Å². The van der Waals surface area contributed by atoms with Crippen LogP contribution in [0.25, 0.3) is 0 Å². The summed E-state index contributed by atoms with van der Waals surface area (Å²) in [4.78, 5) is 12.8.